The summed E-state index contributed by atoms with van der Waals surface area (Å²) in [6, 6.07) is 4.14. The third-order valence-electron chi connectivity index (χ3n) is 3.05. The Bertz CT molecular complexity index is 641. The minimum absolute atomic E-state index is 0.119. The molecule has 110 valence electrons. The molecule has 1 heterocycles. The largest absolute Gasteiger partial charge is 0.379 e. The average Bonchev–Trinajstić information content (AvgIpc) is 2.73. The Morgan fingerprint density at radius 3 is 2.70 bits per heavy atom. The van der Waals surface area contributed by atoms with E-state index in [0.717, 1.165) is 0 Å². The summed E-state index contributed by atoms with van der Waals surface area (Å²) >= 11 is 3.17. The van der Waals surface area contributed by atoms with Crippen molar-refractivity contribution >= 4 is 41.6 Å². The van der Waals surface area contributed by atoms with E-state index in [2.05, 4.69) is 21.2 Å². The molecule has 1 aromatic carbocycles. The summed E-state index contributed by atoms with van der Waals surface area (Å²) in [5.41, 5.74) is -0.203. The first kappa shape index (κ1) is 15.8. The highest BCUT2D eigenvalue weighted by Crippen LogP contribution is 2.24. The van der Waals surface area contributed by atoms with Gasteiger partial charge in [0.2, 0.25) is 0 Å². The number of hydrogen-bond donors (Lipinski definition) is 1. The Balaban J connectivity index is 2.28. The molecule has 0 aromatic heterocycles. The van der Waals surface area contributed by atoms with Crippen LogP contribution in [0.3, 0.4) is 0 Å². The number of carbonyl (C=O) groups is 1. The predicted molar refractivity (Wildman–Crippen MR) is 78.5 cm³/mol. The first-order valence-electron chi connectivity index (χ1n) is 5.85. The molecule has 0 bridgehead atoms. The van der Waals surface area contributed by atoms with Gasteiger partial charge in [0.05, 0.1) is 17.0 Å². The van der Waals surface area contributed by atoms with Gasteiger partial charge in [0.1, 0.15) is 0 Å². The molecule has 1 aliphatic rings. The van der Waals surface area contributed by atoms with Crippen molar-refractivity contribution < 1.29 is 17.9 Å². The molecular formula is C12H13BrClNO4S. The van der Waals surface area contributed by atoms with Gasteiger partial charge in [-0.05, 0) is 31.5 Å². The number of nitrogens with one attached hydrogen (secondary N) is 1. The minimum atomic E-state index is -3.89. The zero-order valence-electron chi connectivity index (χ0n) is 10.7. The fraction of sp³-hybridized carbons (Fsp3) is 0.417. The third-order valence-corrected chi connectivity index (χ3v) is 4.84. The highest BCUT2D eigenvalue weighted by molar-refractivity contribution is 9.10. The standard InChI is InChI=1S/C12H13BrClNO4S/c1-12(2-3-19-7-12)15-11(16)8-4-9(13)6-10(5-8)20(14,17)18/h4-6H,2-3,7H2,1H3,(H,15,16). The molecule has 0 aliphatic carbocycles. The maximum absolute atomic E-state index is 12.2. The van der Waals surface area contributed by atoms with Gasteiger partial charge in [-0.1, -0.05) is 15.9 Å². The van der Waals surface area contributed by atoms with Gasteiger partial charge in [-0.2, -0.15) is 0 Å². The second-order valence-corrected chi connectivity index (χ2v) is 8.41. The van der Waals surface area contributed by atoms with Crippen LogP contribution in [0.2, 0.25) is 0 Å². The van der Waals surface area contributed by atoms with Crippen LogP contribution < -0.4 is 5.32 Å². The van der Waals surface area contributed by atoms with Crippen molar-refractivity contribution in [3.8, 4) is 0 Å². The van der Waals surface area contributed by atoms with Crippen LogP contribution in [0.5, 0.6) is 0 Å². The summed E-state index contributed by atoms with van der Waals surface area (Å²) in [4.78, 5) is 12.1. The van der Waals surface area contributed by atoms with E-state index in [1.165, 1.54) is 12.1 Å². The van der Waals surface area contributed by atoms with Crippen molar-refractivity contribution in [2.24, 2.45) is 0 Å². The van der Waals surface area contributed by atoms with Gasteiger partial charge < -0.3 is 10.1 Å². The van der Waals surface area contributed by atoms with E-state index in [0.29, 0.717) is 24.1 Å². The third kappa shape index (κ3) is 3.72. The molecule has 0 radical (unpaired) electrons. The Kier molecular flexibility index (Phi) is 4.44. The highest BCUT2D eigenvalue weighted by Gasteiger charge is 2.31. The normalized spacial score (nSPS) is 22.8. The second kappa shape index (κ2) is 5.63. The van der Waals surface area contributed by atoms with Gasteiger partial charge in [0.15, 0.2) is 0 Å². The minimum Gasteiger partial charge on any atom is -0.379 e. The lowest BCUT2D eigenvalue weighted by Crippen LogP contribution is -2.46. The smallest absolute Gasteiger partial charge is 0.261 e. The Morgan fingerprint density at radius 1 is 1.45 bits per heavy atom. The summed E-state index contributed by atoms with van der Waals surface area (Å²) in [5.74, 6) is -0.360. The predicted octanol–water partition coefficient (Wildman–Crippen LogP) is 2.29. The Morgan fingerprint density at radius 2 is 2.15 bits per heavy atom. The average molecular weight is 383 g/mol. The molecule has 1 saturated heterocycles. The first-order valence-corrected chi connectivity index (χ1v) is 8.95. The quantitative estimate of drug-likeness (QED) is 0.814. The van der Waals surface area contributed by atoms with E-state index in [-0.39, 0.29) is 16.4 Å². The summed E-state index contributed by atoms with van der Waals surface area (Å²) in [6.07, 6.45) is 0.716. The van der Waals surface area contributed by atoms with Crippen molar-refractivity contribution in [3.63, 3.8) is 0 Å². The number of hydrogen-bond acceptors (Lipinski definition) is 4. The maximum atomic E-state index is 12.2. The number of rotatable bonds is 3. The van der Waals surface area contributed by atoms with Crippen LogP contribution in [-0.4, -0.2) is 33.1 Å². The van der Waals surface area contributed by atoms with Crippen molar-refractivity contribution in [1.29, 1.82) is 0 Å². The second-order valence-electron chi connectivity index (χ2n) is 4.93. The van der Waals surface area contributed by atoms with Crippen LogP contribution in [0.1, 0.15) is 23.7 Å². The number of ether oxygens (including phenoxy) is 1. The van der Waals surface area contributed by atoms with E-state index in [1.807, 2.05) is 6.92 Å². The van der Waals surface area contributed by atoms with Gasteiger partial charge in [-0.15, -0.1) is 0 Å². The molecular weight excluding hydrogens is 370 g/mol. The van der Waals surface area contributed by atoms with Crippen molar-refractivity contribution in [2.75, 3.05) is 13.2 Å². The highest BCUT2D eigenvalue weighted by atomic mass is 79.9. The molecule has 1 unspecified atom stereocenters. The van der Waals surface area contributed by atoms with Gasteiger partial charge in [0.25, 0.3) is 15.0 Å². The number of benzene rings is 1. The zero-order chi connectivity index (χ0) is 15.0. The zero-order valence-corrected chi connectivity index (χ0v) is 13.8. The molecule has 1 fully saturated rings. The number of halogens is 2. The molecule has 8 heteroatoms. The summed E-state index contributed by atoms with van der Waals surface area (Å²) < 4.78 is 28.4. The van der Waals surface area contributed by atoms with Crippen LogP contribution in [0, 0.1) is 0 Å². The summed E-state index contributed by atoms with van der Waals surface area (Å²) in [5, 5.41) is 2.85. The van der Waals surface area contributed by atoms with Crippen LogP contribution in [-0.2, 0) is 13.8 Å². The van der Waals surface area contributed by atoms with E-state index >= 15 is 0 Å². The van der Waals surface area contributed by atoms with Crippen LogP contribution >= 0.6 is 26.6 Å². The lowest BCUT2D eigenvalue weighted by molar-refractivity contribution is 0.0889. The molecule has 1 aliphatic heterocycles. The lowest BCUT2D eigenvalue weighted by atomic mass is 10.0. The van der Waals surface area contributed by atoms with Crippen molar-refractivity contribution in [3.05, 3.63) is 28.2 Å². The van der Waals surface area contributed by atoms with Gasteiger partial charge in [-0.3, -0.25) is 4.79 Å². The fourth-order valence-electron chi connectivity index (χ4n) is 1.95. The SMILES string of the molecule is CC1(NC(=O)c2cc(Br)cc(S(=O)(=O)Cl)c2)CCOC1. The van der Waals surface area contributed by atoms with Crippen molar-refractivity contribution in [2.45, 2.75) is 23.8 Å². The Hall–Kier alpha value is -0.630. The molecule has 5 nitrogen and oxygen atoms in total. The molecule has 1 amide bonds. The topological polar surface area (TPSA) is 72.5 Å². The van der Waals surface area contributed by atoms with E-state index in [1.54, 1.807) is 6.07 Å². The molecule has 1 N–H and O–H groups in total. The Labute approximate surface area is 130 Å². The summed E-state index contributed by atoms with van der Waals surface area (Å²) in [7, 11) is 1.42. The molecule has 1 aromatic rings. The maximum Gasteiger partial charge on any atom is 0.261 e. The summed E-state index contributed by atoms with van der Waals surface area (Å²) in [6.45, 7) is 2.92. The molecule has 1 atom stereocenters. The van der Waals surface area contributed by atoms with Crippen LogP contribution in [0.4, 0.5) is 0 Å². The van der Waals surface area contributed by atoms with E-state index in [4.69, 9.17) is 15.4 Å². The lowest BCUT2D eigenvalue weighted by Gasteiger charge is -2.23. The number of amides is 1. The van der Waals surface area contributed by atoms with Crippen LogP contribution in [0.15, 0.2) is 27.6 Å². The molecule has 0 saturated carbocycles. The molecule has 0 spiro atoms. The molecule has 2 rings (SSSR count). The van der Waals surface area contributed by atoms with Crippen molar-refractivity contribution in [1.82, 2.24) is 5.32 Å². The van der Waals surface area contributed by atoms with E-state index < -0.39 is 14.6 Å². The molecule has 20 heavy (non-hydrogen) atoms. The van der Waals surface area contributed by atoms with Gasteiger partial charge in [0, 0.05) is 27.3 Å². The number of carbonyl (C=O) groups excluding carboxylic acids is 1. The fourth-order valence-corrected chi connectivity index (χ4v) is 3.39. The van der Waals surface area contributed by atoms with Gasteiger partial charge in [-0.25, -0.2) is 8.42 Å². The van der Waals surface area contributed by atoms with E-state index in [9.17, 15) is 13.2 Å². The van der Waals surface area contributed by atoms with Gasteiger partial charge >= 0.3 is 0 Å². The van der Waals surface area contributed by atoms with Crippen LogP contribution in [0.25, 0.3) is 0 Å². The monoisotopic (exact) mass is 381 g/mol. The first-order chi connectivity index (χ1) is 9.20.